The molecule has 6 nitrogen and oxygen atoms in total. The second kappa shape index (κ2) is 10.8. The average Bonchev–Trinajstić information content (AvgIpc) is 2.79. The SMILES string of the molecule is CCCN1C[C@@H](NC(=O)N(CC)CCN2CCc3ccccc3C2)C[C@@H]2CC(=O)CC[C@H]21. The first kappa shape index (κ1) is 23.2. The van der Waals surface area contributed by atoms with E-state index in [2.05, 4.69) is 53.2 Å². The number of hydrogen-bond donors (Lipinski definition) is 1. The smallest absolute Gasteiger partial charge is 0.317 e. The molecule has 2 amide bonds. The van der Waals surface area contributed by atoms with Gasteiger partial charge in [-0.15, -0.1) is 0 Å². The van der Waals surface area contributed by atoms with E-state index >= 15 is 0 Å². The molecular weight excluding hydrogens is 400 g/mol. The number of piperidine rings is 1. The Labute approximate surface area is 193 Å². The molecule has 1 aliphatic carbocycles. The number of carbonyl (C=O) groups excluding carboxylic acids is 2. The summed E-state index contributed by atoms with van der Waals surface area (Å²) in [7, 11) is 0. The van der Waals surface area contributed by atoms with E-state index in [0.29, 0.717) is 30.7 Å². The topological polar surface area (TPSA) is 55.9 Å². The molecule has 4 rings (SSSR count). The number of benzene rings is 1. The van der Waals surface area contributed by atoms with Crippen LogP contribution in [-0.2, 0) is 17.8 Å². The fourth-order valence-electron chi connectivity index (χ4n) is 5.98. The first-order chi connectivity index (χ1) is 15.6. The number of rotatable bonds is 7. The molecule has 1 saturated heterocycles. The first-order valence-electron chi connectivity index (χ1n) is 12.7. The Hall–Kier alpha value is -1.92. The van der Waals surface area contributed by atoms with Crippen molar-refractivity contribution in [3.05, 3.63) is 35.4 Å². The average molecular weight is 441 g/mol. The predicted octanol–water partition coefficient (Wildman–Crippen LogP) is 3.30. The summed E-state index contributed by atoms with van der Waals surface area (Å²) in [6, 6.07) is 9.39. The summed E-state index contributed by atoms with van der Waals surface area (Å²) in [5.74, 6) is 0.790. The van der Waals surface area contributed by atoms with Crippen molar-refractivity contribution < 1.29 is 9.59 Å². The summed E-state index contributed by atoms with van der Waals surface area (Å²) in [6.07, 6.45) is 5.53. The molecule has 2 fully saturated rings. The molecule has 1 saturated carbocycles. The standard InChI is InChI=1S/C26H40N4O2/c1-3-12-30-19-23(16-22-17-24(31)9-10-25(22)30)27-26(32)29(4-2)15-14-28-13-11-20-7-5-6-8-21(20)18-28/h5-8,22-23,25H,3-4,9-19H2,1-2H3,(H,27,32)/t22-,23+,25-/m1/s1. The Morgan fingerprint density at radius 2 is 1.97 bits per heavy atom. The number of likely N-dealkylation sites (N-methyl/N-ethyl adjacent to an activating group) is 1. The molecule has 2 aliphatic heterocycles. The summed E-state index contributed by atoms with van der Waals surface area (Å²) in [5.41, 5.74) is 2.88. The molecule has 0 spiro atoms. The number of nitrogens with zero attached hydrogens (tertiary/aromatic N) is 3. The number of likely N-dealkylation sites (tertiary alicyclic amines) is 1. The molecule has 1 N–H and O–H groups in total. The van der Waals surface area contributed by atoms with Crippen LogP contribution < -0.4 is 5.32 Å². The fourth-order valence-corrected chi connectivity index (χ4v) is 5.98. The number of ketones is 1. The maximum Gasteiger partial charge on any atom is 0.317 e. The molecule has 3 atom stereocenters. The summed E-state index contributed by atoms with van der Waals surface area (Å²) in [4.78, 5) is 32.1. The predicted molar refractivity (Wildman–Crippen MR) is 128 cm³/mol. The highest BCUT2D eigenvalue weighted by Gasteiger charge is 2.39. The number of urea groups is 1. The van der Waals surface area contributed by atoms with Crippen molar-refractivity contribution in [1.82, 2.24) is 20.0 Å². The molecule has 1 aromatic rings. The van der Waals surface area contributed by atoms with Crippen LogP contribution in [0.2, 0.25) is 0 Å². The van der Waals surface area contributed by atoms with Crippen LogP contribution in [0.15, 0.2) is 24.3 Å². The number of hydrogen-bond acceptors (Lipinski definition) is 4. The van der Waals surface area contributed by atoms with Crippen LogP contribution in [-0.4, -0.2) is 77.9 Å². The summed E-state index contributed by atoms with van der Waals surface area (Å²) in [5, 5.41) is 3.33. The Morgan fingerprint density at radius 3 is 2.75 bits per heavy atom. The lowest BCUT2D eigenvalue weighted by Crippen LogP contribution is -2.59. The zero-order chi connectivity index (χ0) is 22.5. The fraction of sp³-hybridized carbons (Fsp3) is 0.692. The van der Waals surface area contributed by atoms with Crippen molar-refractivity contribution in [2.75, 3.05) is 39.3 Å². The van der Waals surface area contributed by atoms with E-state index in [1.807, 2.05) is 4.90 Å². The minimum atomic E-state index is 0.0481. The zero-order valence-electron chi connectivity index (χ0n) is 19.9. The third-order valence-corrected chi connectivity index (χ3v) is 7.67. The van der Waals surface area contributed by atoms with Gasteiger partial charge in [-0.25, -0.2) is 4.79 Å². The number of carbonyl (C=O) groups is 2. The third kappa shape index (κ3) is 5.52. The van der Waals surface area contributed by atoms with E-state index in [-0.39, 0.29) is 12.1 Å². The normalized spacial score (nSPS) is 26.3. The molecule has 176 valence electrons. The van der Waals surface area contributed by atoms with E-state index in [0.717, 1.165) is 71.4 Å². The lowest BCUT2D eigenvalue weighted by molar-refractivity contribution is -0.124. The van der Waals surface area contributed by atoms with E-state index in [1.54, 1.807) is 0 Å². The lowest BCUT2D eigenvalue weighted by atomic mass is 9.76. The van der Waals surface area contributed by atoms with Crippen molar-refractivity contribution in [2.45, 2.75) is 71.0 Å². The number of nitrogens with one attached hydrogen (secondary N) is 1. The Balaban J connectivity index is 1.30. The highest BCUT2D eigenvalue weighted by atomic mass is 16.2. The van der Waals surface area contributed by atoms with Gasteiger partial charge >= 0.3 is 6.03 Å². The Morgan fingerprint density at radius 1 is 1.16 bits per heavy atom. The van der Waals surface area contributed by atoms with Crippen molar-refractivity contribution >= 4 is 11.8 Å². The second-order valence-electron chi connectivity index (χ2n) is 9.86. The van der Waals surface area contributed by atoms with Crippen molar-refractivity contribution in [3.63, 3.8) is 0 Å². The zero-order valence-corrected chi connectivity index (χ0v) is 19.9. The van der Waals surface area contributed by atoms with Crippen LogP contribution in [0.5, 0.6) is 0 Å². The summed E-state index contributed by atoms with van der Waals surface area (Å²) < 4.78 is 0. The van der Waals surface area contributed by atoms with Gasteiger partial charge in [0.1, 0.15) is 5.78 Å². The van der Waals surface area contributed by atoms with Crippen LogP contribution in [0.1, 0.15) is 57.1 Å². The van der Waals surface area contributed by atoms with Gasteiger partial charge in [-0.1, -0.05) is 31.2 Å². The van der Waals surface area contributed by atoms with E-state index in [9.17, 15) is 9.59 Å². The minimum Gasteiger partial charge on any atom is -0.334 e. The highest BCUT2D eigenvalue weighted by Crippen LogP contribution is 2.34. The number of amides is 2. The van der Waals surface area contributed by atoms with Gasteiger partial charge in [0.2, 0.25) is 0 Å². The van der Waals surface area contributed by atoms with E-state index in [4.69, 9.17) is 0 Å². The van der Waals surface area contributed by atoms with Gasteiger partial charge in [-0.3, -0.25) is 14.6 Å². The largest absolute Gasteiger partial charge is 0.334 e. The van der Waals surface area contributed by atoms with E-state index < -0.39 is 0 Å². The molecule has 1 aromatic carbocycles. The maximum absolute atomic E-state index is 13.1. The quantitative estimate of drug-likeness (QED) is 0.707. The van der Waals surface area contributed by atoms with Gasteiger partial charge in [0, 0.05) is 64.2 Å². The molecule has 2 heterocycles. The van der Waals surface area contributed by atoms with Crippen molar-refractivity contribution in [2.24, 2.45) is 5.92 Å². The highest BCUT2D eigenvalue weighted by molar-refractivity contribution is 5.79. The van der Waals surface area contributed by atoms with Gasteiger partial charge < -0.3 is 10.2 Å². The Bertz CT molecular complexity index is 798. The molecule has 0 unspecified atom stereocenters. The molecule has 0 bridgehead atoms. The van der Waals surface area contributed by atoms with E-state index in [1.165, 1.54) is 11.1 Å². The Kier molecular flexibility index (Phi) is 7.84. The molecule has 6 heteroatoms. The molecular formula is C26H40N4O2. The summed E-state index contributed by atoms with van der Waals surface area (Å²) in [6.45, 7) is 10.6. The van der Waals surface area contributed by atoms with Crippen molar-refractivity contribution in [1.29, 1.82) is 0 Å². The molecule has 0 aromatic heterocycles. The lowest BCUT2D eigenvalue weighted by Gasteiger charge is -2.47. The van der Waals surface area contributed by atoms with Crippen LogP contribution in [0, 0.1) is 5.92 Å². The first-order valence-corrected chi connectivity index (χ1v) is 12.7. The molecule has 3 aliphatic rings. The maximum atomic E-state index is 13.1. The molecule has 32 heavy (non-hydrogen) atoms. The molecule has 0 radical (unpaired) electrons. The van der Waals surface area contributed by atoms with Crippen LogP contribution >= 0.6 is 0 Å². The summed E-state index contributed by atoms with van der Waals surface area (Å²) >= 11 is 0. The van der Waals surface area contributed by atoms with Gasteiger partial charge in [-0.05, 0) is 56.2 Å². The van der Waals surface area contributed by atoms with Crippen molar-refractivity contribution in [3.8, 4) is 0 Å². The van der Waals surface area contributed by atoms with Crippen LogP contribution in [0.4, 0.5) is 4.79 Å². The monoisotopic (exact) mass is 440 g/mol. The minimum absolute atomic E-state index is 0.0481. The second-order valence-corrected chi connectivity index (χ2v) is 9.86. The number of fused-ring (bicyclic) bond motifs is 2. The third-order valence-electron chi connectivity index (χ3n) is 7.67. The van der Waals surface area contributed by atoms with Gasteiger partial charge in [-0.2, -0.15) is 0 Å². The van der Waals surface area contributed by atoms with Gasteiger partial charge in [0.25, 0.3) is 0 Å². The number of Topliss-reactive ketones (excluding diaryl/α,β-unsaturated/α-hetero) is 1. The van der Waals surface area contributed by atoms with Crippen LogP contribution in [0.3, 0.4) is 0 Å². The van der Waals surface area contributed by atoms with Gasteiger partial charge in [0.05, 0.1) is 0 Å². The van der Waals surface area contributed by atoms with Gasteiger partial charge in [0.15, 0.2) is 0 Å². The van der Waals surface area contributed by atoms with Crippen LogP contribution in [0.25, 0.3) is 0 Å².